The topological polar surface area (TPSA) is 60.2 Å². The van der Waals surface area contributed by atoms with Crippen LogP contribution in [0.2, 0.25) is 0 Å². The normalized spacial score (nSPS) is 14.7. The molecule has 0 aliphatic rings. The average Bonchev–Trinajstić information content (AvgIpc) is 1.27. The minimum Gasteiger partial charge on any atom is -0.327 e. The predicted molar refractivity (Wildman–Crippen MR) is 28.5 cm³/mol. The van der Waals surface area contributed by atoms with Crippen LogP contribution in [-0.4, -0.2) is 20.2 Å². The zero-order valence-corrected chi connectivity index (χ0v) is 4.73. The molecule has 0 aliphatic heterocycles. The average molecular weight is 122 g/mol. The molecular weight excluding hydrogens is 114 g/mol. The van der Waals surface area contributed by atoms with E-state index in [4.69, 9.17) is 5.73 Å². The third kappa shape index (κ3) is 5.91. The molecule has 3 nitrogen and oxygen atoms in total. The van der Waals surface area contributed by atoms with Gasteiger partial charge >= 0.3 is 0 Å². The van der Waals surface area contributed by atoms with E-state index in [0.717, 1.165) is 0 Å². The Hall–Kier alpha value is -0.0900. The maximum atomic E-state index is 9.73. The highest BCUT2D eigenvalue weighted by molar-refractivity contribution is 7.72. The Kier molecular flexibility index (Phi) is 2.95. The lowest BCUT2D eigenvalue weighted by atomic mass is 10.4. The van der Waals surface area contributed by atoms with Crippen LogP contribution in [0, 0.1) is 6.92 Å². The molecule has 2 N–H and O–H groups in total. The summed E-state index contributed by atoms with van der Waals surface area (Å²) in [5.74, 6) is -0.0185. The zero-order valence-electron chi connectivity index (χ0n) is 3.83. The Morgan fingerprint density at radius 3 is 2.14 bits per heavy atom. The molecule has 7 heavy (non-hydrogen) atoms. The van der Waals surface area contributed by atoms with Gasteiger partial charge in [0.1, 0.15) is 10.7 Å². The molecule has 0 saturated heterocycles. The first kappa shape index (κ1) is 6.91. The number of nitrogens with two attached hydrogens (primary N) is 1. The van der Waals surface area contributed by atoms with E-state index in [0.29, 0.717) is 0 Å². The van der Waals surface area contributed by atoms with Gasteiger partial charge in [0.05, 0.1) is 5.75 Å². The molecule has 1 radical (unpaired) electrons. The molecule has 1 atom stereocenters. The van der Waals surface area contributed by atoms with Gasteiger partial charge in [0, 0.05) is 6.04 Å². The summed E-state index contributed by atoms with van der Waals surface area (Å²) in [4.78, 5) is 0. The summed E-state index contributed by atoms with van der Waals surface area (Å²) in [6, 6.07) is -0.471. The fourth-order valence-electron chi connectivity index (χ4n) is 0.191. The van der Waals surface area contributed by atoms with Crippen molar-refractivity contribution in [1.29, 1.82) is 0 Å². The Balaban J connectivity index is 3.32. The third-order valence-electron chi connectivity index (χ3n) is 0.384. The molecule has 0 heterocycles. The van der Waals surface area contributed by atoms with Crippen LogP contribution in [-0.2, 0) is 10.7 Å². The smallest absolute Gasteiger partial charge is 0.141 e. The fraction of sp³-hybridized carbons (Fsp3) is 0.667. The van der Waals surface area contributed by atoms with E-state index < -0.39 is 16.7 Å². The predicted octanol–water partition coefficient (Wildman–Crippen LogP) is -1.24. The first-order valence-electron chi connectivity index (χ1n) is 1.83. The van der Waals surface area contributed by atoms with Crippen molar-refractivity contribution in [2.45, 2.75) is 6.04 Å². The van der Waals surface area contributed by atoms with Gasteiger partial charge in [-0.05, 0) is 6.92 Å². The van der Waals surface area contributed by atoms with E-state index in [1.807, 2.05) is 0 Å². The van der Waals surface area contributed by atoms with Crippen molar-refractivity contribution in [2.75, 3.05) is 5.75 Å². The van der Waals surface area contributed by atoms with Crippen LogP contribution in [0.5, 0.6) is 0 Å². The summed E-state index contributed by atoms with van der Waals surface area (Å²) < 4.78 is 19.5. The van der Waals surface area contributed by atoms with Gasteiger partial charge in [-0.25, -0.2) is 8.42 Å². The number of thiol groups is 1. The highest BCUT2D eigenvalue weighted by Crippen LogP contribution is 1.71. The lowest BCUT2D eigenvalue weighted by Gasteiger charge is -1.91. The minimum absolute atomic E-state index is 0.0185. The molecule has 0 aromatic carbocycles. The van der Waals surface area contributed by atoms with Gasteiger partial charge in [-0.1, -0.05) is 0 Å². The van der Waals surface area contributed by atoms with Gasteiger partial charge < -0.3 is 5.73 Å². The van der Waals surface area contributed by atoms with Gasteiger partial charge in [0.2, 0.25) is 0 Å². The van der Waals surface area contributed by atoms with E-state index in [9.17, 15) is 8.42 Å². The molecule has 0 aromatic heterocycles. The molecule has 0 aliphatic carbocycles. The summed E-state index contributed by atoms with van der Waals surface area (Å²) in [6.07, 6.45) is 0. The summed E-state index contributed by atoms with van der Waals surface area (Å²) >= 11 is 0. The molecule has 0 saturated carbocycles. The summed E-state index contributed by atoms with van der Waals surface area (Å²) in [5.41, 5.74) is 5.00. The van der Waals surface area contributed by atoms with Crippen molar-refractivity contribution in [1.82, 2.24) is 0 Å². The first-order chi connectivity index (χ1) is 3.13. The van der Waals surface area contributed by atoms with Gasteiger partial charge in [-0.15, -0.1) is 0 Å². The monoisotopic (exact) mass is 122 g/mol. The number of hydrogen-bond donors (Lipinski definition) is 2. The van der Waals surface area contributed by atoms with Gasteiger partial charge in [-0.3, -0.25) is 0 Å². The maximum Gasteiger partial charge on any atom is 0.141 e. The highest BCUT2D eigenvalue weighted by atomic mass is 32.2. The van der Waals surface area contributed by atoms with Crippen LogP contribution in [0.1, 0.15) is 0 Å². The molecular formula is C3H8NO2S. The molecule has 4 heteroatoms. The second kappa shape index (κ2) is 2.98. The van der Waals surface area contributed by atoms with E-state index in [-0.39, 0.29) is 5.75 Å². The molecule has 0 aromatic rings. The molecule has 0 rings (SSSR count). The third-order valence-corrected chi connectivity index (χ3v) is 1.15. The molecule has 0 fully saturated rings. The summed E-state index contributed by atoms with van der Waals surface area (Å²) in [5, 5.41) is 0. The van der Waals surface area contributed by atoms with Crippen molar-refractivity contribution in [3.05, 3.63) is 6.92 Å². The molecule has 0 bridgehead atoms. The number of rotatable bonds is 2. The quantitative estimate of drug-likeness (QED) is 0.450. The summed E-state index contributed by atoms with van der Waals surface area (Å²) in [6.45, 7) is 3.27. The van der Waals surface area contributed by atoms with Crippen LogP contribution in [0.25, 0.3) is 0 Å². The van der Waals surface area contributed by atoms with Crippen LogP contribution in [0.15, 0.2) is 0 Å². The minimum atomic E-state index is -2.33. The molecule has 0 amide bonds. The van der Waals surface area contributed by atoms with Gasteiger partial charge in [0.15, 0.2) is 0 Å². The van der Waals surface area contributed by atoms with E-state index >= 15 is 0 Å². The van der Waals surface area contributed by atoms with Crippen molar-refractivity contribution >= 4 is 10.7 Å². The lowest BCUT2D eigenvalue weighted by molar-refractivity contribution is 0.611. The zero-order chi connectivity index (χ0) is 5.86. The Morgan fingerprint density at radius 2 is 2.14 bits per heavy atom. The Labute approximate surface area is 44.5 Å². The summed E-state index contributed by atoms with van der Waals surface area (Å²) in [7, 11) is -2.33. The lowest BCUT2D eigenvalue weighted by Crippen LogP contribution is -2.20. The van der Waals surface area contributed by atoms with E-state index in [1.165, 1.54) is 0 Å². The van der Waals surface area contributed by atoms with Gasteiger partial charge in [0.25, 0.3) is 0 Å². The molecule has 0 spiro atoms. The van der Waals surface area contributed by atoms with Crippen molar-refractivity contribution < 1.29 is 8.42 Å². The molecule has 1 unspecified atom stereocenters. The second-order valence-electron chi connectivity index (χ2n) is 1.28. The standard InChI is InChI=1S/C3H8NO2S/c1-3(4)2-7(5)6/h3,7H,1-2,4H2. The Bertz CT molecular complexity index is 99.5. The van der Waals surface area contributed by atoms with Gasteiger partial charge in [-0.2, -0.15) is 0 Å². The largest absolute Gasteiger partial charge is 0.327 e. The van der Waals surface area contributed by atoms with E-state index in [1.54, 1.807) is 0 Å². The Morgan fingerprint density at radius 1 is 1.71 bits per heavy atom. The maximum absolute atomic E-state index is 9.73. The van der Waals surface area contributed by atoms with Crippen molar-refractivity contribution in [2.24, 2.45) is 5.73 Å². The number of hydrogen-bond acceptors (Lipinski definition) is 3. The van der Waals surface area contributed by atoms with Crippen LogP contribution >= 0.6 is 0 Å². The highest BCUT2D eigenvalue weighted by Gasteiger charge is 1.91. The van der Waals surface area contributed by atoms with Crippen LogP contribution in [0.4, 0.5) is 0 Å². The van der Waals surface area contributed by atoms with Crippen LogP contribution < -0.4 is 5.73 Å². The fourth-order valence-corrected chi connectivity index (χ4v) is 0.574. The second-order valence-corrected chi connectivity index (χ2v) is 2.31. The molecule has 43 valence electrons. The van der Waals surface area contributed by atoms with E-state index in [2.05, 4.69) is 6.92 Å². The SMILES string of the molecule is [CH2]C(N)C[SH](=O)=O. The first-order valence-corrected chi connectivity index (χ1v) is 3.19. The van der Waals surface area contributed by atoms with Crippen molar-refractivity contribution in [3.8, 4) is 0 Å². The van der Waals surface area contributed by atoms with Crippen molar-refractivity contribution in [3.63, 3.8) is 0 Å². The van der Waals surface area contributed by atoms with Crippen LogP contribution in [0.3, 0.4) is 0 Å².